The molecule has 0 spiro atoms. The molecule has 3 aromatic carbocycles. The average molecular weight is 409 g/mol. The lowest BCUT2D eigenvalue weighted by molar-refractivity contribution is -0.111. The monoisotopic (exact) mass is 408 g/mol. The fourth-order valence-corrected chi connectivity index (χ4v) is 2.96. The van der Waals surface area contributed by atoms with Gasteiger partial charge in [0.2, 0.25) is 11.8 Å². The van der Waals surface area contributed by atoms with Gasteiger partial charge in [-0.1, -0.05) is 47.5 Å². The number of nitrogens with one attached hydrogen (secondary N) is 1. The van der Waals surface area contributed by atoms with E-state index in [9.17, 15) is 4.79 Å². The third kappa shape index (κ3) is 4.09. The van der Waals surface area contributed by atoms with E-state index in [1.807, 2.05) is 36.4 Å². The maximum absolute atomic E-state index is 12.3. The first-order valence-electron chi connectivity index (χ1n) is 8.48. The van der Waals surface area contributed by atoms with Crippen molar-refractivity contribution in [1.29, 1.82) is 0 Å². The predicted molar refractivity (Wildman–Crippen MR) is 114 cm³/mol. The van der Waals surface area contributed by atoms with Crippen LogP contribution in [0.2, 0.25) is 10.0 Å². The van der Waals surface area contributed by atoms with Crippen molar-refractivity contribution < 1.29 is 9.21 Å². The normalized spacial score (nSPS) is 11.2. The number of amides is 1. The Labute approximate surface area is 171 Å². The standard InChI is InChI=1S/C22H14Cl2N2O2/c23-16-9-5-14(6-10-16)7-12-21(27)25-19-13-15(8-11-17(19)24)22-26-18-3-1-2-4-20(18)28-22/h1-13H,(H,25,27)/b12-7+. The van der Waals surface area contributed by atoms with Crippen LogP contribution in [0.25, 0.3) is 28.6 Å². The zero-order chi connectivity index (χ0) is 19.5. The third-order valence-electron chi connectivity index (χ3n) is 4.06. The molecular weight excluding hydrogens is 395 g/mol. The van der Waals surface area contributed by atoms with Crippen molar-refractivity contribution in [2.45, 2.75) is 0 Å². The predicted octanol–water partition coefficient (Wildman–Crippen LogP) is 6.45. The molecule has 4 aromatic rings. The highest BCUT2D eigenvalue weighted by atomic mass is 35.5. The van der Waals surface area contributed by atoms with E-state index in [2.05, 4.69) is 10.3 Å². The number of fused-ring (bicyclic) bond motifs is 1. The van der Waals surface area contributed by atoms with Crippen LogP contribution in [0.15, 0.2) is 77.2 Å². The SMILES string of the molecule is O=C(/C=C/c1ccc(Cl)cc1)Nc1cc(-c2nc3ccccc3o2)ccc1Cl. The van der Waals surface area contributed by atoms with Gasteiger partial charge in [0, 0.05) is 16.7 Å². The van der Waals surface area contributed by atoms with E-state index in [-0.39, 0.29) is 5.91 Å². The quantitative estimate of drug-likeness (QED) is 0.394. The minimum atomic E-state index is -0.299. The number of anilines is 1. The summed E-state index contributed by atoms with van der Waals surface area (Å²) in [6.07, 6.45) is 3.13. The fraction of sp³-hybridized carbons (Fsp3) is 0. The molecule has 138 valence electrons. The molecule has 0 unspecified atom stereocenters. The number of nitrogens with zero attached hydrogens (tertiary/aromatic N) is 1. The van der Waals surface area contributed by atoms with Gasteiger partial charge in [0.05, 0.1) is 10.7 Å². The fourth-order valence-electron chi connectivity index (χ4n) is 2.67. The van der Waals surface area contributed by atoms with Gasteiger partial charge >= 0.3 is 0 Å². The van der Waals surface area contributed by atoms with E-state index in [0.717, 1.165) is 16.6 Å². The van der Waals surface area contributed by atoms with Crippen molar-refractivity contribution in [1.82, 2.24) is 4.98 Å². The van der Waals surface area contributed by atoms with Crippen molar-refractivity contribution >= 4 is 52.0 Å². The van der Waals surface area contributed by atoms with Crippen LogP contribution >= 0.6 is 23.2 Å². The molecule has 0 atom stereocenters. The van der Waals surface area contributed by atoms with Gasteiger partial charge in [-0.05, 0) is 54.1 Å². The number of hydrogen-bond acceptors (Lipinski definition) is 3. The average Bonchev–Trinajstić information content (AvgIpc) is 3.13. The Morgan fingerprint density at radius 2 is 1.79 bits per heavy atom. The summed E-state index contributed by atoms with van der Waals surface area (Å²) < 4.78 is 5.78. The largest absolute Gasteiger partial charge is 0.436 e. The van der Waals surface area contributed by atoms with Gasteiger partial charge in [-0.15, -0.1) is 0 Å². The lowest BCUT2D eigenvalue weighted by atomic mass is 10.2. The topological polar surface area (TPSA) is 55.1 Å². The Kier molecular flexibility index (Phi) is 5.15. The Hall–Kier alpha value is -3.08. The Bertz CT molecular complexity index is 1150. The summed E-state index contributed by atoms with van der Waals surface area (Å²) in [4.78, 5) is 16.7. The number of rotatable bonds is 4. The molecule has 4 nitrogen and oxygen atoms in total. The van der Waals surface area contributed by atoms with Gasteiger partial charge in [0.25, 0.3) is 0 Å². The summed E-state index contributed by atoms with van der Waals surface area (Å²) in [7, 11) is 0. The summed E-state index contributed by atoms with van der Waals surface area (Å²) in [6, 6.07) is 19.9. The van der Waals surface area contributed by atoms with Gasteiger partial charge in [0.15, 0.2) is 5.58 Å². The minimum absolute atomic E-state index is 0.299. The van der Waals surface area contributed by atoms with Crippen molar-refractivity contribution in [3.63, 3.8) is 0 Å². The summed E-state index contributed by atoms with van der Waals surface area (Å²) in [5.41, 5.74) is 3.53. The molecule has 28 heavy (non-hydrogen) atoms. The van der Waals surface area contributed by atoms with E-state index in [4.69, 9.17) is 27.6 Å². The van der Waals surface area contributed by atoms with Crippen LogP contribution < -0.4 is 5.32 Å². The summed E-state index contributed by atoms with van der Waals surface area (Å²) in [5.74, 6) is 0.164. The zero-order valence-electron chi connectivity index (χ0n) is 14.5. The molecule has 0 aliphatic carbocycles. The van der Waals surface area contributed by atoms with Gasteiger partial charge < -0.3 is 9.73 Å². The van der Waals surface area contributed by atoms with Gasteiger partial charge in [-0.3, -0.25) is 4.79 Å². The highest BCUT2D eigenvalue weighted by Gasteiger charge is 2.11. The van der Waals surface area contributed by atoms with Crippen molar-refractivity contribution in [2.75, 3.05) is 5.32 Å². The molecule has 0 saturated heterocycles. The second-order valence-corrected chi connectivity index (χ2v) is 6.90. The molecule has 1 heterocycles. The highest BCUT2D eigenvalue weighted by molar-refractivity contribution is 6.34. The smallest absolute Gasteiger partial charge is 0.248 e. The Balaban J connectivity index is 1.55. The molecule has 0 aliphatic heterocycles. The first-order chi connectivity index (χ1) is 13.6. The van der Waals surface area contributed by atoms with Gasteiger partial charge in [-0.2, -0.15) is 0 Å². The number of carbonyl (C=O) groups excluding carboxylic acids is 1. The molecule has 0 radical (unpaired) electrons. The maximum atomic E-state index is 12.3. The number of oxazole rings is 1. The number of benzene rings is 3. The first-order valence-corrected chi connectivity index (χ1v) is 9.24. The lowest BCUT2D eigenvalue weighted by Crippen LogP contribution is -2.08. The third-order valence-corrected chi connectivity index (χ3v) is 4.64. The molecule has 0 fully saturated rings. The summed E-state index contributed by atoms with van der Waals surface area (Å²) in [6.45, 7) is 0. The van der Waals surface area contributed by atoms with Crippen LogP contribution in [0.1, 0.15) is 5.56 Å². The van der Waals surface area contributed by atoms with Crippen LogP contribution in [0.5, 0.6) is 0 Å². The van der Waals surface area contributed by atoms with Gasteiger partial charge in [0.1, 0.15) is 5.52 Å². The Morgan fingerprint density at radius 3 is 2.57 bits per heavy atom. The number of carbonyl (C=O) groups is 1. The number of hydrogen-bond donors (Lipinski definition) is 1. The molecule has 1 N–H and O–H groups in total. The summed E-state index contributed by atoms with van der Waals surface area (Å²) >= 11 is 12.1. The van der Waals surface area contributed by atoms with Gasteiger partial charge in [-0.25, -0.2) is 4.98 Å². The van der Waals surface area contributed by atoms with E-state index in [0.29, 0.717) is 27.2 Å². The highest BCUT2D eigenvalue weighted by Crippen LogP contribution is 2.30. The van der Waals surface area contributed by atoms with E-state index < -0.39 is 0 Å². The molecule has 4 rings (SSSR count). The first kappa shape index (κ1) is 18.3. The van der Waals surface area contributed by atoms with Crippen molar-refractivity contribution in [2.24, 2.45) is 0 Å². The van der Waals surface area contributed by atoms with Crippen LogP contribution in [0.4, 0.5) is 5.69 Å². The molecule has 6 heteroatoms. The molecule has 1 aromatic heterocycles. The number of halogens is 2. The minimum Gasteiger partial charge on any atom is -0.436 e. The van der Waals surface area contributed by atoms with E-state index in [1.54, 1.807) is 36.4 Å². The van der Waals surface area contributed by atoms with Crippen LogP contribution in [-0.4, -0.2) is 10.9 Å². The van der Waals surface area contributed by atoms with E-state index >= 15 is 0 Å². The van der Waals surface area contributed by atoms with Crippen LogP contribution in [0, 0.1) is 0 Å². The van der Waals surface area contributed by atoms with Crippen LogP contribution in [0.3, 0.4) is 0 Å². The zero-order valence-corrected chi connectivity index (χ0v) is 16.0. The Morgan fingerprint density at radius 1 is 1.00 bits per heavy atom. The molecule has 0 bridgehead atoms. The number of aromatic nitrogens is 1. The van der Waals surface area contributed by atoms with Crippen LogP contribution in [-0.2, 0) is 4.79 Å². The molecule has 1 amide bonds. The summed E-state index contributed by atoms with van der Waals surface area (Å²) in [5, 5.41) is 3.85. The molecule has 0 aliphatic rings. The lowest BCUT2D eigenvalue weighted by Gasteiger charge is -2.06. The maximum Gasteiger partial charge on any atom is 0.248 e. The van der Waals surface area contributed by atoms with Crippen molar-refractivity contribution in [3.8, 4) is 11.5 Å². The molecular formula is C22H14Cl2N2O2. The second kappa shape index (κ2) is 7.89. The number of para-hydroxylation sites is 2. The van der Waals surface area contributed by atoms with E-state index in [1.165, 1.54) is 6.08 Å². The second-order valence-electron chi connectivity index (χ2n) is 6.06. The molecule has 0 saturated carbocycles. The van der Waals surface area contributed by atoms with Crippen molar-refractivity contribution in [3.05, 3.63) is 88.4 Å².